The van der Waals surface area contributed by atoms with Crippen LogP contribution in [0.5, 0.6) is 0 Å². The van der Waals surface area contributed by atoms with Gasteiger partial charge in [-0.3, -0.25) is 0 Å². The van der Waals surface area contributed by atoms with E-state index >= 15 is 0 Å². The Hall–Kier alpha value is -0.850. The molecule has 0 aromatic carbocycles. The molecular formula is C10H16O. The van der Waals surface area contributed by atoms with Crippen LogP contribution in [0.3, 0.4) is 0 Å². The number of hydrogen-bond acceptors (Lipinski definition) is 1. The molecule has 0 aliphatic rings. The Balaban J connectivity index is 4.43. The maximum absolute atomic E-state index is 10.7. The third kappa shape index (κ3) is 2.34. The largest absolute Gasteiger partial charge is 0.302 e. The van der Waals surface area contributed by atoms with Crippen molar-refractivity contribution in [2.24, 2.45) is 5.41 Å². The number of aldehydes is 1. The highest BCUT2D eigenvalue weighted by molar-refractivity contribution is 5.64. The molecule has 1 atom stereocenters. The molecule has 0 aliphatic carbocycles. The zero-order chi connectivity index (χ0) is 8.91. The summed E-state index contributed by atoms with van der Waals surface area (Å²) in [5.74, 6) is 0. The van der Waals surface area contributed by atoms with Gasteiger partial charge < -0.3 is 4.79 Å². The predicted octanol–water partition coefficient (Wildman–Crippen LogP) is 2.73. The summed E-state index contributed by atoms with van der Waals surface area (Å²) in [4.78, 5) is 10.7. The Labute approximate surface area is 68.8 Å². The number of carbonyl (C=O) groups is 1. The molecule has 0 spiro atoms. The van der Waals surface area contributed by atoms with E-state index in [0.717, 1.165) is 18.3 Å². The van der Waals surface area contributed by atoms with Gasteiger partial charge in [0.05, 0.1) is 0 Å². The molecule has 11 heavy (non-hydrogen) atoms. The summed E-state index contributed by atoms with van der Waals surface area (Å²) in [6, 6.07) is 0. The van der Waals surface area contributed by atoms with Crippen molar-refractivity contribution in [2.75, 3.05) is 0 Å². The van der Waals surface area contributed by atoms with E-state index in [1.807, 2.05) is 13.8 Å². The van der Waals surface area contributed by atoms with Gasteiger partial charge in [0.25, 0.3) is 0 Å². The minimum Gasteiger partial charge on any atom is -0.302 e. The fourth-order valence-electron chi connectivity index (χ4n) is 0.979. The van der Waals surface area contributed by atoms with Crippen molar-refractivity contribution in [1.82, 2.24) is 0 Å². The van der Waals surface area contributed by atoms with Crippen LogP contribution < -0.4 is 0 Å². The van der Waals surface area contributed by atoms with Gasteiger partial charge in [0.1, 0.15) is 6.29 Å². The van der Waals surface area contributed by atoms with E-state index in [1.54, 1.807) is 6.08 Å². The van der Waals surface area contributed by atoms with E-state index in [-0.39, 0.29) is 0 Å². The molecule has 0 amide bonds. The lowest BCUT2D eigenvalue weighted by molar-refractivity contribution is -0.113. The fourth-order valence-corrected chi connectivity index (χ4v) is 0.979. The second-order valence-electron chi connectivity index (χ2n) is 2.99. The average Bonchev–Trinajstić information content (AvgIpc) is 2.03. The molecule has 0 bridgehead atoms. The monoisotopic (exact) mass is 152 g/mol. The lowest BCUT2D eigenvalue weighted by Crippen LogP contribution is -2.19. The van der Waals surface area contributed by atoms with Crippen LogP contribution in [0.2, 0.25) is 0 Å². The van der Waals surface area contributed by atoms with Gasteiger partial charge >= 0.3 is 0 Å². The van der Waals surface area contributed by atoms with Crippen molar-refractivity contribution < 1.29 is 4.79 Å². The third-order valence-corrected chi connectivity index (χ3v) is 2.06. The molecular weight excluding hydrogens is 136 g/mol. The lowest BCUT2D eigenvalue weighted by Gasteiger charge is -2.22. The molecule has 0 rings (SSSR count). The molecule has 0 heterocycles. The van der Waals surface area contributed by atoms with Crippen LogP contribution in [0, 0.1) is 5.41 Å². The number of allylic oxidation sites excluding steroid dienone is 2. The second kappa shape index (κ2) is 4.12. The van der Waals surface area contributed by atoms with Crippen LogP contribution >= 0.6 is 0 Å². The van der Waals surface area contributed by atoms with E-state index in [0.29, 0.717) is 6.42 Å². The van der Waals surface area contributed by atoms with Gasteiger partial charge in [-0.1, -0.05) is 25.2 Å². The van der Waals surface area contributed by atoms with E-state index in [9.17, 15) is 4.79 Å². The van der Waals surface area contributed by atoms with Crippen molar-refractivity contribution in [3.05, 3.63) is 24.8 Å². The third-order valence-electron chi connectivity index (χ3n) is 2.06. The summed E-state index contributed by atoms with van der Waals surface area (Å²) < 4.78 is 0. The van der Waals surface area contributed by atoms with Crippen molar-refractivity contribution in [3.8, 4) is 0 Å². The lowest BCUT2D eigenvalue weighted by atomic mass is 9.80. The van der Waals surface area contributed by atoms with Crippen molar-refractivity contribution in [1.29, 1.82) is 0 Å². The van der Waals surface area contributed by atoms with Gasteiger partial charge in [0.2, 0.25) is 0 Å². The first-order valence-electron chi connectivity index (χ1n) is 3.86. The van der Waals surface area contributed by atoms with Crippen molar-refractivity contribution in [2.45, 2.75) is 26.7 Å². The number of hydrogen-bond donors (Lipinski definition) is 0. The number of rotatable bonds is 5. The maximum Gasteiger partial charge on any atom is 0.130 e. The first-order chi connectivity index (χ1) is 5.10. The van der Waals surface area contributed by atoms with Gasteiger partial charge in [-0.2, -0.15) is 0 Å². The Morgan fingerprint density at radius 3 is 2.45 bits per heavy atom. The van der Waals surface area contributed by atoms with Crippen molar-refractivity contribution in [3.63, 3.8) is 0 Å². The minimum atomic E-state index is -0.392. The number of carbonyl (C=O) groups excluding carboxylic acids is 1. The summed E-state index contributed by atoms with van der Waals surface area (Å²) in [5, 5.41) is 0. The highest BCUT2D eigenvalue weighted by atomic mass is 16.1. The van der Waals surface area contributed by atoms with E-state index in [1.165, 1.54) is 0 Å². The first-order valence-corrected chi connectivity index (χ1v) is 3.86. The van der Waals surface area contributed by atoms with E-state index < -0.39 is 5.41 Å². The SMILES string of the molecule is C=CCC(C)(C=O)C(=C)CC. The molecule has 0 saturated carbocycles. The molecule has 62 valence electrons. The standard InChI is InChI=1S/C10H16O/c1-5-7-10(4,8-11)9(3)6-2/h5,8H,1,3,6-7H2,2,4H3. The van der Waals surface area contributed by atoms with E-state index in [4.69, 9.17) is 0 Å². The highest BCUT2D eigenvalue weighted by Gasteiger charge is 2.23. The second-order valence-corrected chi connectivity index (χ2v) is 2.99. The topological polar surface area (TPSA) is 17.1 Å². The summed E-state index contributed by atoms with van der Waals surface area (Å²) in [6.07, 6.45) is 4.25. The minimum absolute atomic E-state index is 0.392. The molecule has 1 heteroatoms. The summed E-state index contributed by atoms with van der Waals surface area (Å²) in [6.45, 7) is 11.4. The normalized spacial score (nSPS) is 15.1. The van der Waals surface area contributed by atoms with E-state index in [2.05, 4.69) is 13.2 Å². The van der Waals surface area contributed by atoms with Crippen molar-refractivity contribution >= 4 is 6.29 Å². The first kappa shape index (κ1) is 10.2. The molecule has 0 aliphatic heterocycles. The molecule has 0 N–H and O–H groups in total. The Morgan fingerprint density at radius 2 is 2.18 bits per heavy atom. The molecule has 0 radical (unpaired) electrons. The van der Waals surface area contributed by atoms with Gasteiger partial charge in [0, 0.05) is 5.41 Å². The molecule has 0 saturated heterocycles. The molecule has 1 nitrogen and oxygen atoms in total. The summed E-state index contributed by atoms with van der Waals surface area (Å²) in [7, 11) is 0. The van der Waals surface area contributed by atoms with Crippen LogP contribution in [-0.4, -0.2) is 6.29 Å². The quantitative estimate of drug-likeness (QED) is 0.437. The van der Waals surface area contributed by atoms with Gasteiger partial charge in [0.15, 0.2) is 0 Å². The predicted molar refractivity (Wildman–Crippen MR) is 48.4 cm³/mol. The highest BCUT2D eigenvalue weighted by Crippen LogP contribution is 2.29. The van der Waals surface area contributed by atoms with Crippen LogP contribution in [0.25, 0.3) is 0 Å². The Morgan fingerprint density at radius 1 is 1.64 bits per heavy atom. The zero-order valence-electron chi connectivity index (χ0n) is 7.39. The Kier molecular flexibility index (Phi) is 3.80. The Bertz CT molecular complexity index is 170. The van der Waals surface area contributed by atoms with Crippen LogP contribution in [0.1, 0.15) is 26.7 Å². The smallest absolute Gasteiger partial charge is 0.130 e. The molecule has 0 aromatic heterocycles. The van der Waals surface area contributed by atoms with Crippen LogP contribution in [0.4, 0.5) is 0 Å². The molecule has 0 aromatic rings. The fraction of sp³-hybridized carbons (Fsp3) is 0.500. The van der Waals surface area contributed by atoms with Crippen LogP contribution in [0.15, 0.2) is 24.8 Å². The maximum atomic E-state index is 10.7. The van der Waals surface area contributed by atoms with Gasteiger partial charge in [-0.15, -0.1) is 6.58 Å². The van der Waals surface area contributed by atoms with Crippen LogP contribution in [-0.2, 0) is 4.79 Å². The van der Waals surface area contributed by atoms with Gasteiger partial charge in [-0.05, 0) is 19.8 Å². The zero-order valence-corrected chi connectivity index (χ0v) is 7.39. The summed E-state index contributed by atoms with van der Waals surface area (Å²) in [5.41, 5.74) is 0.587. The summed E-state index contributed by atoms with van der Waals surface area (Å²) >= 11 is 0. The molecule has 1 unspecified atom stereocenters. The molecule has 0 fully saturated rings. The average molecular weight is 152 g/mol. The van der Waals surface area contributed by atoms with Gasteiger partial charge in [-0.25, -0.2) is 0 Å².